The summed E-state index contributed by atoms with van der Waals surface area (Å²) in [6.45, 7) is 3.72. The molecule has 0 saturated heterocycles. The van der Waals surface area contributed by atoms with Gasteiger partial charge in [-0.2, -0.15) is 0 Å². The van der Waals surface area contributed by atoms with E-state index in [2.05, 4.69) is 52.0 Å². The van der Waals surface area contributed by atoms with E-state index < -0.39 is 0 Å². The van der Waals surface area contributed by atoms with Crippen LogP contribution in [0.1, 0.15) is 5.56 Å². The molecule has 0 fully saturated rings. The molecule has 64 valence electrons. The topological polar surface area (TPSA) is 0 Å². The Morgan fingerprint density at radius 1 is 1.08 bits per heavy atom. The highest BCUT2D eigenvalue weighted by Crippen LogP contribution is 2.17. The second-order valence-corrected chi connectivity index (χ2v) is 3.81. The maximum atomic E-state index is 3.72. The Morgan fingerprint density at radius 2 is 1.58 bits per heavy atom. The molecule has 0 heterocycles. The number of hydrogen-bond donors (Lipinski definition) is 0. The number of benzene rings is 1. The van der Waals surface area contributed by atoms with Crippen molar-refractivity contribution in [3.05, 3.63) is 36.4 Å². The van der Waals surface area contributed by atoms with Crippen molar-refractivity contribution in [2.45, 2.75) is 0 Å². The largest absolute Gasteiger partial charge is 0.298 e. The Bertz CT molecular complexity index is 264. The molecule has 0 aliphatic rings. The van der Waals surface area contributed by atoms with Gasteiger partial charge < -0.3 is 0 Å². The van der Waals surface area contributed by atoms with Gasteiger partial charge in [-0.15, -0.1) is 0 Å². The lowest BCUT2D eigenvalue weighted by Gasteiger charge is -2.23. The van der Waals surface area contributed by atoms with Crippen molar-refractivity contribution >= 4 is 11.8 Å². The molecule has 0 amide bonds. The Hall–Kier alpha value is -1.08. The molecule has 1 heteroatoms. The fourth-order valence-corrected chi connectivity index (χ4v) is 1.06. The Labute approximate surface area is 74.5 Å². The van der Waals surface area contributed by atoms with Gasteiger partial charge in [0.15, 0.2) is 0 Å². The van der Waals surface area contributed by atoms with E-state index in [1.54, 1.807) is 0 Å². The van der Waals surface area contributed by atoms with Crippen molar-refractivity contribution in [3.8, 4) is 0 Å². The monoisotopic (exact) mass is 162 g/mol. The fraction of sp³-hybridized carbons (Fsp3) is 0.273. The molecule has 1 nitrogen and oxygen atoms in total. The van der Waals surface area contributed by atoms with Gasteiger partial charge in [0, 0.05) is 0 Å². The van der Waals surface area contributed by atoms with Crippen LogP contribution in [0.5, 0.6) is 0 Å². The molecule has 0 radical (unpaired) electrons. The summed E-state index contributed by atoms with van der Waals surface area (Å²) in [6, 6.07) is 8.45. The fourth-order valence-electron chi connectivity index (χ4n) is 1.06. The van der Waals surface area contributed by atoms with Crippen molar-refractivity contribution in [1.82, 2.24) is 4.48 Å². The van der Waals surface area contributed by atoms with Gasteiger partial charge >= 0.3 is 0 Å². The normalized spacial score (nSPS) is 11.2. The highest BCUT2D eigenvalue weighted by Gasteiger charge is 2.09. The van der Waals surface area contributed by atoms with Gasteiger partial charge in [0.2, 0.25) is 0 Å². The SMILES string of the molecule is C=Cc1ccc([N+](C)(C)C)cc1. The Morgan fingerprint density at radius 3 is 1.92 bits per heavy atom. The first kappa shape index (κ1) is 9.01. The maximum Gasteiger partial charge on any atom is 0.132 e. The summed E-state index contributed by atoms with van der Waals surface area (Å²) in [5, 5.41) is 0. The first-order chi connectivity index (χ1) is 5.54. The van der Waals surface area contributed by atoms with Crippen LogP contribution in [-0.2, 0) is 0 Å². The summed E-state index contributed by atoms with van der Waals surface area (Å²) in [6.07, 6.45) is 1.86. The summed E-state index contributed by atoms with van der Waals surface area (Å²) < 4.78 is 0.859. The van der Waals surface area contributed by atoms with Gasteiger partial charge in [-0.3, -0.25) is 4.48 Å². The standard InChI is InChI=1S/C11H16N/c1-5-10-6-8-11(9-7-10)12(2,3)4/h5-9H,1H2,2-4H3/q+1. The van der Waals surface area contributed by atoms with Crippen LogP contribution in [0.3, 0.4) is 0 Å². The van der Waals surface area contributed by atoms with E-state index in [4.69, 9.17) is 0 Å². The molecule has 1 aromatic rings. The van der Waals surface area contributed by atoms with Crippen molar-refractivity contribution in [1.29, 1.82) is 0 Å². The summed E-state index contributed by atoms with van der Waals surface area (Å²) in [5.74, 6) is 0. The lowest BCUT2D eigenvalue weighted by molar-refractivity contribution is 0.486. The van der Waals surface area contributed by atoms with E-state index >= 15 is 0 Å². The molecule has 0 spiro atoms. The van der Waals surface area contributed by atoms with Gasteiger partial charge in [0.1, 0.15) is 5.69 Å². The van der Waals surface area contributed by atoms with Crippen LogP contribution in [0.15, 0.2) is 30.8 Å². The molecule has 0 saturated carbocycles. The van der Waals surface area contributed by atoms with E-state index in [0.717, 1.165) is 4.48 Å². The van der Waals surface area contributed by atoms with Gasteiger partial charge in [-0.1, -0.05) is 12.7 Å². The molecule has 0 unspecified atom stereocenters. The van der Waals surface area contributed by atoms with Crippen LogP contribution in [-0.4, -0.2) is 21.1 Å². The van der Waals surface area contributed by atoms with Crippen molar-refractivity contribution in [2.24, 2.45) is 0 Å². The van der Waals surface area contributed by atoms with Crippen LogP contribution in [0.25, 0.3) is 6.08 Å². The second-order valence-electron chi connectivity index (χ2n) is 3.81. The Balaban J connectivity index is 3.00. The van der Waals surface area contributed by atoms with Crippen molar-refractivity contribution < 1.29 is 0 Å². The zero-order chi connectivity index (χ0) is 9.19. The van der Waals surface area contributed by atoms with E-state index in [-0.39, 0.29) is 0 Å². The smallest absolute Gasteiger partial charge is 0.132 e. The third kappa shape index (κ3) is 1.95. The number of hydrogen-bond acceptors (Lipinski definition) is 0. The molecule has 0 aromatic heterocycles. The zero-order valence-electron chi connectivity index (χ0n) is 8.04. The quantitative estimate of drug-likeness (QED) is 0.586. The average molecular weight is 162 g/mol. The summed E-state index contributed by atoms with van der Waals surface area (Å²) >= 11 is 0. The van der Waals surface area contributed by atoms with Gasteiger partial charge in [0.05, 0.1) is 21.1 Å². The molecule has 0 atom stereocenters. The van der Waals surface area contributed by atoms with E-state index in [0.29, 0.717) is 0 Å². The molecule has 0 aliphatic heterocycles. The summed E-state index contributed by atoms with van der Waals surface area (Å²) in [5.41, 5.74) is 2.48. The van der Waals surface area contributed by atoms with Crippen LogP contribution < -0.4 is 4.48 Å². The zero-order valence-corrected chi connectivity index (χ0v) is 8.04. The number of nitrogens with zero attached hydrogens (tertiary/aromatic N) is 1. The molecule has 0 bridgehead atoms. The van der Waals surface area contributed by atoms with Crippen LogP contribution in [0.4, 0.5) is 5.69 Å². The van der Waals surface area contributed by atoms with E-state index in [1.807, 2.05) is 6.08 Å². The highest BCUT2D eigenvalue weighted by atomic mass is 15.3. The van der Waals surface area contributed by atoms with E-state index in [9.17, 15) is 0 Å². The highest BCUT2D eigenvalue weighted by molar-refractivity contribution is 5.52. The Kier molecular flexibility index (Phi) is 2.34. The molecule has 0 N–H and O–H groups in total. The minimum atomic E-state index is 0.859. The van der Waals surface area contributed by atoms with Gasteiger partial charge in [-0.05, 0) is 29.8 Å². The van der Waals surface area contributed by atoms with E-state index in [1.165, 1.54) is 11.3 Å². The summed E-state index contributed by atoms with van der Waals surface area (Å²) in [7, 11) is 6.47. The van der Waals surface area contributed by atoms with Gasteiger partial charge in [0.25, 0.3) is 0 Å². The molecular formula is C11H16N+. The van der Waals surface area contributed by atoms with Gasteiger partial charge in [-0.25, -0.2) is 0 Å². The van der Waals surface area contributed by atoms with Crippen LogP contribution in [0.2, 0.25) is 0 Å². The second kappa shape index (κ2) is 3.11. The number of quaternary nitrogens is 1. The minimum Gasteiger partial charge on any atom is -0.298 e. The van der Waals surface area contributed by atoms with Crippen LogP contribution in [0, 0.1) is 0 Å². The first-order valence-electron chi connectivity index (χ1n) is 4.08. The third-order valence-electron chi connectivity index (χ3n) is 1.90. The molecule has 1 aromatic carbocycles. The number of rotatable bonds is 2. The maximum absolute atomic E-state index is 3.72. The molecular weight excluding hydrogens is 146 g/mol. The lowest BCUT2D eigenvalue weighted by atomic mass is 10.2. The van der Waals surface area contributed by atoms with Crippen molar-refractivity contribution in [3.63, 3.8) is 0 Å². The van der Waals surface area contributed by atoms with Crippen molar-refractivity contribution in [2.75, 3.05) is 21.1 Å². The lowest BCUT2D eigenvalue weighted by Crippen LogP contribution is -2.34. The molecule has 0 aliphatic carbocycles. The predicted molar refractivity (Wildman–Crippen MR) is 56.1 cm³/mol. The minimum absolute atomic E-state index is 0.859. The molecule has 12 heavy (non-hydrogen) atoms. The van der Waals surface area contributed by atoms with Crippen LogP contribution >= 0.6 is 0 Å². The third-order valence-corrected chi connectivity index (χ3v) is 1.90. The predicted octanol–water partition coefficient (Wildman–Crippen LogP) is 2.53. The average Bonchev–Trinajstić information content (AvgIpc) is 2.03. The first-order valence-corrected chi connectivity index (χ1v) is 4.08. The molecule has 1 rings (SSSR count). The summed E-state index contributed by atoms with van der Waals surface area (Å²) in [4.78, 5) is 0.